The highest BCUT2D eigenvalue weighted by Gasteiger charge is 2.23. The second kappa shape index (κ2) is 12.7. The standard InChI is InChI=1S/C24H39N5O2/c1-29(22-11-3-2-4-12-22)24(31)19-7-5-10-21(17-19)27-14-13-25-18-23(30)28-16-15-26-20-8-6-9-20/h5,7,10,17,20,22,25-27H,2-4,6,8-9,11-16,18H2,1H3,(H,28,30). The zero-order chi connectivity index (χ0) is 21.9. The van der Waals surface area contributed by atoms with Gasteiger partial charge in [-0.1, -0.05) is 31.7 Å². The molecule has 2 saturated carbocycles. The second-order valence-electron chi connectivity index (χ2n) is 8.82. The van der Waals surface area contributed by atoms with Crippen molar-refractivity contribution in [3.63, 3.8) is 0 Å². The maximum Gasteiger partial charge on any atom is 0.253 e. The quantitative estimate of drug-likeness (QED) is 0.383. The molecule has 4 N–H and O–H groups in total. The summed E-state index contributed by atoms with van der Waals surface area (Å²) in [5, 5.41) is 12.9. The van der Waals surface area contributed by atoms with Crippen molar-refractivity contribution in [1.29, 1.82) is 0 Å². The van der Waals surface area contributed by atoms with Crippen molar-refractivity contribution in [2.45, 2.75) is 63.5 Å². The number of amides is 2. The Labute approximate surface area is 186 Å². The zero-order valence-electron chi connectivity index (χ0n) is 18.9. The van der Waals surface area contributed by atoms with Crippen LogP contribution in [0.4, 0.5) is 5.69 Å². The molecular formula is C24H39N5O2. The van der Waals surface area contributed by atoms with E-state index < -0.39 is 0 Å². The van der Waals surface area contributed by atoms with Crippen molar-refractivity contribution < 1.29 is 9.59 Å². The number of hydrogen-bond acceptors (Lipinski definition) is 5. The lowest BCUT2D eigenvalue weighted by molar-refractivity contribution is -0.120. The van der Waals surface area contributed by atoms with Gasteiger partial charge in [-0.15, -0.1) is 0 Å². The van der Waals surface area contributed by atoms with E-state index in [0.717, 1.165) is 30.6 Å². The Morgan fingerprint density at radius 3 is 2.52 bits per heavy atom. The summed E-state index contributed by atoms with van der Waals surface area (Å²) in [6.07, 6.45) is 9.77. The van der Waals surface area contributed by atoms with Gasteiger partial charge in [0, 0.05) is 56.6 Å². The Morgan fingerprint density at radius 2 is 1.77 bits per heavy atom. The monoisotopic (exact) mass is 429 g/mol. The first kappa shape index (κ1) is 23.5. The molecule has 0 spiro atoms. The third-order valence-corrected chi connectivity index (χ3v) is 6.45. The van der Waals surface area contributed by atoms with Crippen LogP contribution < -0.4 is 21.3 Å². The van der Waals surface area contributed by atoms with Crippen molar-refractivity contribution in [2.24, 2.45) is 0 Å². The Morgan fingerprint density at radius 1 is 0.968 bits per heavy atom. The van der Waals surface area contributed by atoms with Gasteiger partial charge in [-0.2, -0.15) is 0 Å². The van der Waals surface area contributed by atoms with E-state index in [2.05, 4.69) is 21.3 Å². The number of nitrogens with zero attached hydrogens (tertiary/aromatic N) is 1. The summed E-state index contributed by atoms with van der Waals surface area (Å²) in [6.45, 7) is 3.19. The highest BCUT2D eigenvalue weighted by atomic mass is 16.2. The van der Waals surface area contributed by atoms with Crippen LogP contribution in [0.5, 0.6) is 0 Å². The van der Waals surface area contributed by atoms with Crippen molar-refractivity contribution in [3.05, 3.63) is 29.8 Å². The number of carbonyl (C=O) groups excluding carboxylic acids is 2. The molecule has 2 amide bonds. The molecule has 31 heavy (non-hydrogen) atoms. The molecule has 0 aliphatic heterocycles. The van der Waals surface area contributed by atoms with Gasteiger partial charge in [0.2, 0.25) is 5.91 Å². The van der Waals surface area contributed by atoms with Gasteiger partial charge in [0.05, 0.1) is 6.54 Å². The van der Waals surface area contributed by atoms with Crippen LogP contribution in [0.1, 0.15) is 61.7 Å². The molecule has 172 valence electrons. The largest absolute Gasteiger partial charge is 0.384 e. The van der Waals surface area contributed by atoms with E-state index in [1.807, 2.05) is 36.2 Å². The van der Waals surface area contributed by atoms with Crippen LogP contribution in [0.25, 0.3) is 0 Å². The molecule has 1 aromatic rings. The van der Waals surface area contributed by atoms with Gasteiger partial charge in [-0.3, -0.25) is 9.59 Å². The normalized spacial score (nSPS) is 17.1. The molecule has 2 fully saturated rings. The Hall–Kier alpha value is -2.12. The molecule has 0 atom stereocenters. The first-order chi connectivity index (χ1) is 15.1. The third-order valence-electron chi connectivity index (χ3n) is 6.45. The molecule has 0 saturated heterocycles. The summed E-state index contributed by atoms with van der Waals surface area (Å²) in [5.74, 6) is 0.117. The highest BCUT2D eigenvalue weighted by molar-refractivity contribution is 5.95. The molecule has 0 radical (unpaired) electrons. The molecule has 0 aromatic heterocycles. The van der Waals surface area contributed by atoms with Crippen molar-refractivity contribution in [3.8, 4) is 0 Å². The van der Waals surface area contributed by atoms with Crippen LogP contribution in [0.2, 0.25) is 0 Å². The van der Waals surface area contributed by atoms with E-state index in [-0.39, 0.29) is 11.8 Å². The van der Waals surface area contributed by atoms with Crippen LogP contribution in [0.3, 0.4) is 0 Å². The fraction of sp³-hybridized carbons (Fsp3) is 0.667. The summed E-state index contributed by atoms with van der Waals surface area (Å²) in [6, 6.07) is 8.71. The molecule has 0 bridgehead atoms. The minimum absolute atomic E-state index is 0.0220. The predicted molar refractivity (Wildman–Crippen MR) is 125 cm³/mol. The first-order valence-electron chi connectivity index (χ1n) is 12.0. The Kier molecular flexibility index (Phi) is 9.62. The van der Waals surface area contributed by atoms with Gasteiger partial charge in [0.15, 0.2) is 0 Å². The molecule has 0 unspecified atom stereocenters. The number of carbonyl (C=O) groups is 2. The smallest absolute Gasteiger partial charge is 0.253 e. The molecule has 2 aliphatic rings. The lowest BCUT2D eigenvalue weighted by Gasteiger charge is -2.31. The van der Waals surface area contributed by atoms with Crippen LogP contribution in [-0.4, -0.2) is 68.6 Å². The van der Waals surface area contributed by atoms with Crippen LogP contribution in [0, 0.1) is 0 Å². The van der Waals surface area contributed by atoms with Gasteiger partial charge in [0.1, 0.15) is 0 Å². The lowest BCUT2D eigenvalue weighted by Crippen LogP contribution is -2.42. The molecule has 2 aliphatic carbocycles. The summed E-state index contributed by atoms with van der Waals surface area (Å²) in [5.41, 5.74) is 1.65. The summed E-state index contributed by atoms with van der Waals surface area (Å²) >= 11 is 0. The molecule has 3 rings (SSSR count). The number of nitrogens with one attached hydrogen (secondary N) is 4. The summed E-state index contributed by atoms with van der Waals surface area (Å²) in [4.78, 5) is 26.6. The van der Waals surface area contributed by atoms with Crippen molar-refractivity contribution in [1.82, 2.24) is 20.9 Å². The molecule has 7 heteroatoms. The summed E-state index contributed by atoms with van der Waals surface area (Å²) < 4.78 is 0. The number of rotatable bonds is 12. The Balaban J connectivity index is 1.29. The maximum atomic E-state index is 12.9. The zero-order valence-corrected chi connectivity index (χ0v) is 18.9. The minimum Gasteiger partial charge on any atom is -0.384 e. The van der Waals surface area contributed by atoms with Gasteiger partial charge >= 0.3 is 0 Å². The van der Waals surface area contributed by atoms with E-state index in [4.69, 9.17) is 0 Å². The van der Waals surface area contributed by atoms with Crippen LogP contribution in [-0.2, 0) is 4.79 Å². The highest BCUT2D eigenvalue weighted by Crippen LogP contribution is 2.23. The summed E-state index contributed by atoms with van der Waals surface area (Å²) in [7, 11) is 1.93. The Bertz CT molecular complexity index is 701. The lowest BCUT2D eigenvalue weighted by atomic mass is 9.93. The third kappa shape index (κ3) is 7.82. The van der Waals surface area contributed by atoms with Crippen LogP contribution >= 0.6 is 0 Å². The first-order valence-corrected chi connectivity index (χ1v) is 12.0. The number of anilines is 1. The average molecular weight is 430 g/mol. The van der Waals surface area contributed by atoms with Crippen LogP contribution in [0.15, 0.2) is 24.3 Å². The molecule has 1 aromatic carbocycles. The van der Waals surface area contributed by atoms with Gasteiger partial charge in [-0.25, -0.2) is 0 Å². The van der Waals surface area contributed by atoms with Gasteiger partial charge in [0.25, 0.3) is 5.91 Å². The van der Waals surface area contributed by atoms with Gasteiger partial charge in [-0.05, 0) is 43.9 Å². The topological polar surface area (TPSA) is 85.5 Å². The number of benzene rings is 1. The molecule has 0 heterocycles. The number of hydrogen-bond donors (Lipinski definition) is 4. The van der Waals surface area contributed by atoms with E-state index in [0.29, 0.717) is 38.3 Å². The van der Waals surface area contributed by atoms with E-state index in [1.165, 1.54) is 38.5 Å². The molecule has 7 nitrogen and oxygen atoms in total. The molecular weight excluding hydrogens is 390 g/mol. The van der Waals surface area contributed by atoms with E-state index in [1.54, 1.807) is 0 Å². The fourth-order valence-electron chi connectivity index (χ4n) is 4.25. The van der Waals surface area contributed by atoms with E-state index >= 15 is 0 Å². The minimum atomic E-state index is 0.0220. The second-order valence-corrected chi connectivity index (χ2v) is 8.82. The predicted octanol–water partition coefficient (Wildman–Crippen LogP) is 2.35. The van der Waals surface area contributed by atoms with Gasteiger partial charge < -0.3 is 26.2 Å². The fourth-order valence-corrected chi connectivity index (χ4v) is 4.25. The SMILES string of the molecule is CN(C(=O)c1cccc(NCCNCC(=O)NCCNC2CCC2)c1)C1CCCCC1. The van der Waals surface area contributed by atoms with E-state index in [9.17, 15) is 9.59 Å². The maximum absolute atomic E-state index is 12.9. The van der Waals surface area contributed by atoms with Crippen molar-refractivity contribution in [2.75, 3.05) is 45.1 Å². The van der Waals surface area contributed by atoms with Crippen molar-refractivity contribution >= 4 is 17.5 Å². The average Bonchev–Trinajstić information content (AvgIpc) is 2.77.